The molecule has 3 aromatic rings. The molecule has 1 amide bonds. The van der Waals surface area contributed by atoms with Gasteiger partial charge in [0.25, 0.3) is 5.56 Å². The first-order valence-electron chi connectivity index (χ1n) is 9.32. The molecule has 0 atom stereocenters. The fourth-order valence-corrected chi connectivity index (χ4v) is 3.78. The Kier molecular flexibility index (Phi) is 5.89. The van der Waals surface area contributed by atoms with Gasteiger partial charge in [-0.25, -0.2) is 4.98 Å². The minimum absolute atomic E-state index is 0.0734. The van der Waals surface area contributed by atoms with E-state index in [0.29, 0.717) is 22.6 Å². The van der Waals surface area contributed by atoms with Crippen LogP contribution >= 0.6 is 11.8 Å². The maximum Gasteiger partial charge on any atom is 0.262 e. The van der Waals surface area contributed by atoms with Crippen LogP contribution in [0.3, 0.4) is 0 Å². The van der Waals surface area contributed by atoms with E-state index in [1.54, 1.807) is 10.6 Å². The lowest BCUT2D eigenvalue weighted by Crippen LogP contribution is -2.23. The predicted octanol–water partition coefficient (Wildman–Crippen LogP) is 4.44. The summed E-state index contributed by atoms with van der Waals surface area (Å²) in [7, 11) is 0. The zero-order valence-electron chi connectivity index (χ0n) is 16.7. The summed E-state index contributed by atoms with van der Waals surface area (Å²) in [4.78, 5) is 29.6. The number of anilines is 1. The number of rotatable bonds is 5. The van der Waals surface area contributed by atoms with Crippen LogP contribution in [0.5, 0.6) is 0 Å². The van der Waals surface area contributed by atoms with Crippen LogP contribution in [0, 0.1) is 0 Å². The summed E-state index contributed by atoms with van der Waals surface area (Å²) in [5, 5.41) is 4.06. The minimum atomic E-state index is -0.126. The number of nitrogens with zero attached hydrogens (tertiary/aromatic N) is 2. The van der Waals surface area contributed by atoms with Gasteiger partial charge in [0.2, 0.25) is 5.91 Å². The third kappa shape index (κ3) is 4.44. The highest BCUT2D eigenvalue weighted by Gasteiger charge is 2.14. The first kappa shape index (κ1) is 20.1. The lowest BCUT2D eigenvalue weighted by atomic mass is 9.87. The van der Waals surface area contributed by atoms with E-state index in [4.69, 9.17) is 0 Å². The second-order valence-electron chi connectivity index (χ2n) is 7.63. The Hall–Kier alpha value is -2.60. The van der Waals surface area contributed by atoms with E-state index in [2.05, 4.69) is 31.1 Å². The van der Waals surface area contributed by atoms with E-state index in [0.717, 1.165) is 5.69 Å². The van der Waals surface area contributed by atoms with E-state index in [1.807, 2.05) is 49.4 Å². The van der Waals surface area contributed by atoms with Crippen LogP contribution in [0.4, 0.5) is 5.69 Å². The van der Waals surface area contributed by atoms with Crippen LogP contribution < -0.4 is 10.9 Å². The van der Waals surface area contributed by atoms with Gasteiger partial charge in [-0.1, -0.05) is 56.8 Å². The van der Waals surface area contributed by atoms with Crippen molar-refractivity contribution in [2.24, 2.45) is 0 Å². The van der Waals surface area contributed by atoms with Gasteiger partial charge in [-0.05, 0) is 42.2 Å². The Morgan fingerprint density at radius 1 is 1.11 bits per heavy atom. The van der Waals surface area contributed by atoms with E-state index in [9.17, 15) is 9.59 Å². The Morgan fingerprint density at radius 3 is 2.43 bits per heavy atom. The van der Waals surface area contributed by atoms with Gasteiger partial charge in [0.1, 0.15) is 0 Å². The summed E-state index contributed by atoms with van der Waals surface area (Å²) in [6.45, 7) is 8.87. The van der Waals surface area contributed by atoms with Crippen molar-refractivity contribution in [3.63, 3.8) is 0 Å². The molecular formula is C22H25N3O2S. The number of aromatic nitrogens is 2. The van der Waals surface area contributed by atoms with Crippen molar-refractivity contribution in [2.75, 3.05) is 11.1 Å². The molecule has 0 saturated carbocycles. The van der Waals surface area contributed by atoms with E-state index in [1.165, 1.54) is 17.3 Å². The molecule has 146 valence electrons. The van der Waals surface area contributed by atoms with Crippen molar-refractivity contribution >= 4 is 34.3 Å². The summed E-state index contributed by atoms with van der Waals surface area (Å²) in [6, 6.07) is 15.2. The number of amides is 1. The van der Waals surface area contributed by atoms with Gasteiger partial charge >= 0.3 is 0 Å². The molecule has 1 heterocycles. The van der Waals surface area contributed by atoms with E-state index >= 15 is 0 Å². The second-order valence-corrected chi connectivity index (χ2v) is 8.57. The molecule has 0 aliphatic carbocycles. The molecule has 0 spiro atoms. The highest BCUT2D eigenvalue weighted by atomic mass is 32.2. The quantitative estimate of drug-likeness (QED) is 0.512. The fourth-order valence-electron chi connectivity index (χ4n) is 2.92. The van der Waals surface area contributed by atoms with Crippen LogP contribution in [0.1, 0.15) is 33.3 Å². The molecular weight excluding hydrogens is 370 g/mol. The monoisotopic (exact) mass is 395 g/mol. The smallest absolute Gasteiger partial charge is 0.262 e. The fraction of sp³-hybridized carbons (Fsp3) is 0.318. The summed E-state index contributed by atoms with van der Waals surface area (Å²) < 4.78 is 1.61. The van der Waals surface area contributed by atoms with Gasteiger partial charge in [0.05, 0.1) is 16.7 Å². The molecule has 0 radical (unpaired) electrons. The Labute approximate surface area is 169 Å². The van der Waals surface area contributed by atoms with Gasteiger partial charge < -0.3 is 5.32 Å². The van der Waals surface area contributed by atoms with Crippen molar-refractivity contribution in [1.82, 2.24) is 9.55 Å². The number of fused-ring (bicyclic) bond motifs is 1. The first-order valence-corrected chi connectivity index (χ1v) is 10.3. The Bertz CT molecular complexity index is 1050. The number of thioether (sulfide) groups is 1. The summed E-state index contributed by atoms with van der Waals surface area (Å²) in [5.74, 6) is 0.0600. The molecule has 28 heavy (non-hydrogen) atoms. The maximum atomic E-state index is 12.6. The molecule has 6 heteroatoms. The van der Waals surface area contributed by atoms with Crippen LogP contribution in [-0.2, 0) is 16.8 Å². The largest absolute Gasteiger partial charge is 0.325 e. The van der Waals surface area contributed by atoms with E-state index < -0.39 is 0 Å². The third-order valence-electron chi connectivity index (χ3n) is 4.51. The zero-order valence-corrected chi connectivity index (χ0v) is 17.5. The molecule has 5 nitrogen and oxygen atoms in total. The number of hydrogen-bond donors (Lipinski definition) is 1. The summed E-state index contributed by atoms with van der Waals surface area (Å²) >= 11 is 1.28. The predicted molar refractivity (Wildman–Crippen MR) is 116 cm³/mol. The Morgan fingerprint density at radius 2 is 1.79 bits per heavy atom. The molecule has 0 fully saturated rings. The number of nitrogens with one attached hydrogen (secondary N) is 1. The number of benzene rings is 2. The average Bonchev–Trinajstić information content (AvgIpc) is 2.66. The number of carbonyl (C=O) groups excluding carboxylic acids is 1. The lowest BCUT2D eigenvalue weighted by molar-refractivity contribution is -0.113. The Balaban J connectivity index is 1.72. The van der Waals surface area contributed by atoms with Crippen LogP contribution in [0.15, 0.2) is 58.5 Å². The zero-order chi connectivity index (χ0) is 20.3. The van der Waals surface area contributed by atoms with Gasteiger partial charge in [-0.2, -0.15) is 0 Å². The lowest BCUT2D eigenvalue weighted by Gasteiger charge is -2.19. The minimum Gasteiger partial charge on any atom is -0.325 e. The van der Waals surface area contributed by atoms with E-state index in [-0.39, 0.29) is 22.6 Å². The van der Waals surface area contributed by atoms with Crippen molar-refractivity contribution in [3.8, 4) is 0 Å². The van der Waals surface area contributed by atoms with Gasteiger partial charge in [0, 0.05) is 12.2 Å². The summed E-state index contributed by atoms with van der Waals surface area (Å²) in [5.41, 5.74) is 2.63. The highest BCUT2D eigenvalue weighted by Crippen LogP contribution is 2.24. The molecule has 0 saturated heterocycles. The van der Waals surface area contributed by atoms with Crippen LogP contribution in [0.25, 0.3) is 10.9 Å². The van der Waals surface area contributed by atoms with Crippen molar-refractivity contribution in [3.05, 3.63) is 64.4 Å². The first-order chi connectivity index (χ1) is 13.3. The molecule has 1 N–H and O–H groups in total. The molecule has 3 rings (SSSR count). The third-order valence-corrected chi connectivity index (χ3v) is 5.49. The topological polar surface area (TPSA) is 64.0 Å². The maximum absolute atomic E-state index is 12.6. The number of hydrogen-bond acceptors (Lipinski definition) is 4. The number of carbonyl (C=O) groups is 1. The van der Waals surface area contributed by atoms with Gasteiger partial charge in [0.15, 0.2) is 5.16 Å². The average molecular weight is 396 g/mol. The van der Waals surface area contributed by atoms with Crippen LogP contribution in [-0.4, -0.2) is 21.2 Å². The number of para-hydroxylation sites is 1. The molecule has 0 unspecified atom stereocenters. The standard InChI is InChI=1S/C22H25N3O2S/c1-5-25-20(27)17-8-6-7-9-18(17)24-21(25)28-14-19(26)23-16-12-10-15(11-13-16)22(2,3)4/h6-13H,5,14H2,1-4H3,(H,23,26). The second kappa shape index (κ2) is 8.19. The normalized spacial score (nSPS) is 11.6. The molecule has 2 aromatic carbocycles. The van der Waals surface area contributed by atoms with Crippen molar-refractivity contribution in [1.29, 1.82) is 0 Å². The van der Waals surface area contributed by atoms with Crippen LogP contribution in [0.2, 0.25) is 0 Å². The molecule has 0 aliphatic heterocycles. The van der Waals surface area contributed by atoms with Gasteiger partial charge in [-0.3, -0.25) is 14.2 Å². The van der Waals surface area contributed by atoms with Gasteiger partial charge in [-0.15, -0.1) is 0 Å². The molecule has 0 aliphatic rings. The SMILES string of the molecule is CCn1c(SCC(=O)Nc2ccc(C(C)(C)C)cc2)nc2ccccc2c1=O. The molecule has 0 bridgehead atoms. The highest BCUT2D eigenvalue weighted by molar-refractivity contribution is 7.99. The van der Waals surface area contributed by atoms with Crippen molar-refractivity contribution < 1.29 is 4.79 Å². The summed E-state index contributed by atoms with van der Waals surface area (Å²) in [6.07, 6.45) is 0. The molecule has 1 aromatic heterocycles. The van der Waals surface area contributed by atoms with Crippen molar-refractivity contribution in [2.45, 2.75) is 44.8 Å².